The molecule has 0 spiro atoms. The molecular formula is C7H15NO. The summed E-state index contributed by atoms with van der Waals surface area (Å²) in [5.74, 6) is 0.610. The van der Waals surface area contributed by atoms with Crippen LogP contribution in [-0.4, -0.2) is 19.3 Å². The zero-order chi connectivity index (χ0) is 6.69. The van der Waals surface area contributed by atoms with Gasteiger partial charge in [0.25, 0.3) is 0 Å². The summed E-state index contributed by atoms with van der Waals surface area (Å²) in [6.45, 7) is 3.86. The number of nitrogens with two attached hydrogens (primary N) is 1. The molecule has 2 nitrogen and oxygen atoms in total. The molecule has 2 N–H and O–H groups in total. The number of ether oxygens (including phenoxy) is 1. The van der Waals surface area contributed by atoms with E-state index < -0.39 is 0 Å². The highest BCUT2D eigenvalue weighted by Gasteiger charge is 2.16. The maximum atomic E-state index is 5.69. The van der Waals surface area contributed by atoms with Crippen molar-refractivity contribution in [3.05, 3.63) is 0 Å². The molecule has 1 aliphatic heterocycles. The Hall–Kier alpha value is -0.0800. The molecule has 0 aromatic heterocycles. The van der Waals surface area contributed by atoms with E-state index in [4.69, 9.17) is 10.5 Å². The van der Waals surface area contributed by atoms with E-state index in [0.29, 0.717) is 12.0 Å². The standard InChI is InChI=1S/C7H15NO/c1-6(8)7-3-2-4-9-5-7/h6-7H,2-5,8H2,1H3/t6-,7+/m1/s1. The van der Waals surface area contributed by atoms with Gasteiger partial charge in [0.2, 0.25) is 0 Å². The van der Waals surface area contributed by atoms with Crippen LogP contribution < -0.4 is 5.73 Å². The van der Waals surface area contributed by atoms with E-state index in [-0.39, 0.29) is 0 Å². The van der Waals surface area contributed by atoms with Crippen LogP contribution in [0.5, 0.6) is 0 Å². The smallest absolute Gasteiger partial charge is 0.0508 e. The van der Waals surface area contributed by atoms with Crippen LogP contribution in [0.4, 0.5) is 0 Å². The first-order valence-corrected chi connectivity index (χ1v) is 3.64. The Kier molecular flexibility index (Phi) is 2.49. The van der Waals surface area contributed by atoms with Crippen molar-refractivity contribution in [3.63, 3.8) is 0 Å². The normalized spacial score (nSPS) is 32.0. The molecule has 2 atom stereocenters. The lowest BCUT2D eigenvalue weighted by atomic mass is 9.96. The summed E-state index contributed by atoms with van der Waals surface area (Å²) >= 11 is 0. The average Bonchev–Trinajstić information content (AvgIpc) is 1.90. The quantitative estimate of drug-likeness (QED) is 0.567. The largest absolute Gasteiger partial charge is 0.381 e. The molecule has 0 amide bonds. The Morgan fingerprint density at radius 1 is 1.67 bits per heavy atom. The molecule has 1 fully saturated rings. The van der Waals surface area contributed by atoms with Crippen molar-refractivity contribution in [1.29, 1.82) is 0 Å². The molecule has 2 heteroatoms. The Labute approximate surface area is 56.4 Å². The Bertz CT molecular complexity index is 77.0. The maximum Gasteiger partial charge on any atom is 0.0508 e. The van der Waals surface area contributed by atoms with Crippen molar-refractivity contribution in [3.8, 4) is 0 Å². The third-order valence-electron chi connectivity index (χ3n) is 1.94. The highest BCUT2D eigenvalue weighted by Crippen LogP contribution is 2.15. The van der Waals surface area contributed by atoms with Crippen LogP contribution in [0, 0.1) is 5.92 Å². The van der Waals surface area contributed by atoms with E-state index in [1.54, 1.807) is 0 Å². The topological polar surface area (TPSA) is 35.2 Å². The SMILES string of the molecule is C[C@@H](N)[C@H]1CCCOC1. The van der Waals surface area contributed by atoms with Crippen LogP contribution in [0.3, 0.4) is 0 Å². The van der Waals surface area contributed by atoms with Gasteiger partial charge in [0.1, 0.15) is 0 Å². The van der Waals surface area contributed by atoms with E-state index in [1.165, 1.54) is 12.8 Å². The van der Waals surface area contributed by atoms with Gasteiger partial charge in [0.05, 0.1) is 6.61 Å². The molecule has 0 aromatic carbocycles. The molecule has 9 heavy (non-hydrogen) atoms. The van der Waals surface area contributed by atoms with Crippen molar-refractivity contribution in [2.75, 3.05) is 13.2 Å². The predicted octanol–water partition coefficient (Wildman–Crippen LogP) is 0.760. The van der Waals surface area contributed by atoms with Gasteiger partial charge in [-0.2, -0.15) is 0 Å². The lowest BCUT2D eigenvalue weighted by Crippen LogP contribution is -2.33. The predicted molar refractivity (Wildman–Crippen MR) is 37.2 cm³/mol. The summed E-state index contributed by atoms with van der Waals surface area (Å²) in [5.41, 5.74) is 5.69. The number of hydrogen-bond donors (Lipinski definition) is 1. The van der Waals surface area contributed by atoms with Crippen molar-refractivity contribution in [2.24, 2.45) is 11.7 Å². The molecule has 0 unspecified atom stereocenters. The first-order valence-electron chi connectivity index (χ1n) is 3.64. The summed E-state index contributed by atoms with van der Waals surface area (Å²) in [7, 11) is 0. The van der Waals surface area contributed by atoms with E-state index in [0.717, 1.165) is 13.2 Å². The van der Waals surface area contributed by atoms with Crippen LogP contribution in [-0.2, 0) is 4.74 Å². The van der Waals surface area contributed by atoms with Crippen molar-refractivity contribution < 1.29 is 4.74 Å². The van der Waals surface area contributed by atoms with Gasteiger partial charge < -0.3 is 10.5 Å². The zero-order valence-electron chi connectivity index (χ0n) is 5.97. The van der Waals surface area contributed by atoms with E-state index in [2.05, 4.69) is 6.92 Å². The van der Waals surface area contributed by atoms with Gasteiger partial charge in [-0.3, -0.25) is 0 Å². The van der Waals surface area contributed by atoms with Gasteiger partial charge in [0.15, 0.2) is 0 Å². The average molecular weight is 129 g/mol. The third kappa shape index (κ3) is 1.95. The molecule has 54 valence electrons. The minimum absolute atomic E-state index is 0.310. The Morgan fingerprint density at radius 2 is 2.44 bits per heavy atom. The van der Waals surface area contributed by atoms with E-state index in [9.17, 15) is 0 Å². The molecule has 0 bridgehead atoms. The van der Waals surface area contributed by atoms with Crippen LogP contribution in [0.25, 0.3) is 0 Å². The summed E-state index contributed by atoms with van der Waals surface area (Å²) in [5, 5.41) is 0. The highest BCUT2D eigenvalue weighted by molar-refractivity contribution is 4.70. The van der Waals surface area contributed by atoms with Crippen molar-refractivity contribution >= 4 is 0 Å². The maximum absolute atomic E-state index is 5.69. The molecule has 1 heterocycles. The van der Waals surface area contributed by atoms with Crippen LogP contribution in [0.15, 0.2) is 0 Å². The molecule has 0 saturated carbocycles. The molecule has 1 saturated heterocycles. The second kappa shape index (κ2) is 3.18. The molecule has 0 aliphatic carbocycles. The van der Waals surface area contributed by atoms with Crippen molar-refractivity contribution in [1.82, 2.24) is 0 Å². The molecule has 1 aliphatic rings. The van der Waals surface area contributed by atoms with Gasteiger partial charge >= 0.3 is 0 Å². The van der Waals surface area contributed by atoms with E-state index in [1.807, 2.05) is 0 Å². The van der Waals surface area contributed by atoms with Crippen LogP contribution in [0.2, 0.25) is 0 Å². The lowest BCUT2D eigenvalue weighted by molar-refractivity contribution is 0.0472. The van der Waals surface area contributed by atoms with Crippen LogP contribution >= 0.6 is 0 Å². The van der Waals surface area contributed by atoms with E-state index >= 15 is 0 Å². The first-order chi connectivity index (χ1) is 4.30. The van der Waals surface area contributed by atoms with Crippen molar-refractivity contribution in [2.45, 2.75) is 25.8 Å². The highest BCUT2D eigenvalue weighted by atomic mass is 16.5. The summed E-state index contributed by atoms with van der Waals surface area (Å²) in [4.78, 5) is 0. The molecule has 0 aromatic rings. The van der Waals surface area contributed by atoms with Crippen LogP contribution in [0.1, 0.15) is 19.8 Å². The first kappa shape index (κ1) is 7.03. The fraction of sp³-hybridized carbons (Fsp3) is 1.00. The second-order valence-corrected chi connectivity index (χ2v) is 2.84. The number of hydrogen-bond acceptors (Lipinski definition) is 2. The van der Waals surface area contributed by atoms with Gasteiger partial charge in [-0.15, -0.1) is 0 Å². The van der Waals surface area contributed by atoms with Gasteiger partial charge in [-0.25, -0.2) is 0 Å². The van der Waals surface area contributed by atoms with Gasteiger partial charge in [-0.1, -0.05) is 0 Å². The minimum Gasteiger partial charge on any atom is -0.381 e. The second-order valence-electron chi connectivity index (χ2n) is 2.84. The zero-order valence-corrected chi connectivity index (χ0v) is 5.97. The lowest BCUT2D eigenvalue weighted by Gasteiger charge is -2.24. The minimum atomic E-state index is 0.310. The molecule has 1 rings (SSSR count). The summed E-state index contributed by atoms with van der Waals surface area (Å²) in [6, 6.07) is 0.310. The number of rotatable bonds is 1. The summed E-state index contributed by atoms with van der Waals surface area (Å²) in [6.07, 6.45) is 2.43. The third-order valence-corrected chi connectivity index (χ3v) is 1.94. The molecule has 0 radical (unpaired) electrons. The fourth-order valence-corrected chi connectivity index (χ4v) is 1.18. The van der Waals surface area contributed by atoms with Gasteiger partial charge in [-0.05, 0) is 25.7 Å². The Morgan fingerprint density at radius 3 is 2.78 bits per heavy atom. The monoisotopic (exact) mass is 129 g/mol. The molecular weight excluding hydrogens is 114 g/mol. The summed E-state index contributed by atoms with van der Waals surface area (Å²) < 4.78 is 5.26. The Balaban J connectivity index is 2.23. The van der Waals surface area contributed by atoms with Gasteiger partial charge in [0, 0.05) is 12.6 Å². The fourth-order valence-electron chi connectivity index (χ4n) is 1.18.